The standard InChI is InChI=1S/C25H27N7OS/c1-2-33-18-14-27-10-7-19(18)34-20-15-28-22-23(29-20)31-24(30-22)32-11-8-25(9-12-32)13-16-5-3-4-6-17(16)21(25)26/h3-7,10,14-15,21H,2,8-9,11-13,26H2,1H3,(H,28,29,30,31)/t21-/m1/s1. The highest BCUT2D eigenvalue weighted by Crippen LogP contribution is 2.50. The summed E-state index contributed by atoms with van der Waals surface area (Å²) in [4.78, 5) is 24.8. The van der Waals surface area contributed by atoms with Crippen LogP contribution in [0.5, 0.6) is 5.75 Å². The maximum Gasteiger partial charge on any atom is 0.206 e. The average Bonchev–Trinajstić information content (AvgIpc) is 3.40. The summed E-state index contributed by atoms with van der Waals surface area (Å²) < 4.78 is 5.68. The molecule has 1 saturated heterocycles. The fourth-order valence-electron chi connectivity index (χ4n) is 5.26. The van der Waals surface area contributed by atoms with E-state index < -0.39 is 0 Å². The van der Waals surface area contributed by atoms with Crippen LogP contribution in [0, 0.1) is 5.41 Å². The Bertz CT molecular complexity index is 1330. The molecule has 0 amide bonds. The number of nitrogens with two attached hydrogens (primary N) is 1. The van der Waals surface area contributed by atoms with E-state index in [2.05, 4.69) is 44.1 Å². The van der Waals surface area contributed by atoms with E-state index in [9.17, 15) is 0 Å². The summed E-state index contributed by atoms with van der Waals surface area (Å²) in [6, 6.07) is 10.7. The Labute approximate surface area is 202 Å². The molecule has 1 fully saturated rings. The van der Waals surface area contributed by atoms with Gasteiger partial charge in [0.05, 0.1) is 23.9 Å². The molecular weight excluding hydrogens is 446 g/mol. The van der Waals surface area contributed by atoms with Gasteiger partial charge in [-0.1, -0.05) is 36.0 Å². The Kier molecular flexibility index (Phi) is 5.38. The topological polar surface area (TPSA) is 106 Å². The minimum atomic E-state index is 0.110. The number of nitrogens with one attached hydrogen (secondary N) is 1. The van der Waals surface area contributed by atoms with Gasteiger partial charge >= 0.3 is 0 Å². The molecule has 4 aromatic rings. The molecule has 0 radical (unpaired) electrons. The lowest BCUT2D eigenvalue weighted by Crippen LogP contribution is -2.44. The Morgan fingerprint density at radius 1 is 1.18 bits per heavy atom. The number of anilines is 1. The molecule has 8 nitrogen and oxygen atoms in total. The fourth-order valence-corrected chi connectivity index (χ4v) is 6.07. The third-order valence-electron chi connectivity index (χ3n) is 7.09. The van der Waals surface area contributed by atoms with Gasteiger partial charge in [-0.25, -0.2) is 9.97 Å². The maximum atomic E-state index is 6.73. The number of hydrogen-bond acceptors (Lipinski definition) is 8. The number of fused-ring (bicyclic) bond motifs is 2. The molecule has 3 aromatic heterocycles. The van der Waals surface area contributed by atoms with Crippen LogP contribution in [0.15, 0.2) is 58.8 Å². The fraction of sp³-hybridized carbons (Fsp3) is 0.360. The Morgan fingerprint density at radius 2 is 2.03 bits per heavy atom. The van der Waals surface area contributed by atoms with E-state index >= 15 is 0 Å². The molecule has 1 aliphatic heterocycles. The molecule has 0 saturated carbocycles. The van der Waals surface area contributed by atoms with Gasteiger partial charge in [-0.2, -0.15) is 4.98 Å². The summed E-state index contributed by atoms with van der Waals surface area (Å²) in [5.41, 5.74) is 10.9. The highest BCUT2D eigenvalue weighted by molar-refractivity contribution is 7.99. The van der Waals surface area contributed by atoms with Crippen molar-refractivity contribution in [3.63, 3.8) is 0 Å². The van der Waals surface area contributed by atoms with Crippen LogP contribution in [0.4, 0.5) is 5.95 Å². The first-order valence-electron chi connectivity index (χ1n) is 11.7. The van der Waals surface area contributed by atoms with Crippen LogP contribution in [0.3, 0.4) is 0 Å². The second kappa shape index (κ2) is 8.56. The quantitative estimate of drug-likeness (QED) is 0.445. The summed E-state index contributed by atoms with van der Waals surface area (Å²) in [5, 5.41) is 0.780. The van der Waals surface area contributed by atoms with E-state index in [0.717, 1.165) is 54.0 Å². The number of aromatic amines is 1. The zero-order chi connectivity index (χ0) is 23.1. The first-order chi connectivity index (χ1) is 16.6. The molecule has 1 spiro atoms. The van der Waals surface area contributed by atoms with Crippen LogP contribution < -0.4 is 15.4 Å². The Hall–Kier alpha value is -3.17. The molecule has 4 heterocycles. The predicted octanol–water partition coefficient (Wildman–Crippen LogP) is 4.14. The number of benzene rings is 1. The van der Waals surface area contributed by atoms with E-state index in [1.807, 2.05) is 13.0 Å². The maximum absolute atomic E-state index is 6.73. The van der Waals surface area contributed by atoms with Gasteiger partial charge < -0.3 is 20.4 Å². The van der Waals surface area contributed by atoms with Gasteiger partial charge in [0.1, 0.15) is 5.03 Å². The summed E-state index contributed by atoms with van der Waals surface area (Å²) in [6.07, 6.45) is 8.40. The van der Waals surface area contributed by atoms with Crippen LogP contribution in [-0.4, -0.2) is 44.6 Å². The molecule has 0 bridgehead atoms. The van der Waals surface area contributed by atoms with Crippen LogP contribution in [0.2, 0.25) is 0 Å². The molecule has 0 unspecified atom stereocenters. The molecular formula is C25H27N7OS. The van der Waals surface area contributed by atoms with E-state index in [4.69, 9.17) is 20.4 Å². The summed E-state index contributed by atoms with van der Waals surface area (Å²) in [5.74, 6) is 1.58. The van der Waals surface area contributed by atoms with Gasteiger partial charge in [-0.15, -0.1) is 0 Å². The lowest BCUT2D eigenvalue weighted by Gasteiger charge is -2.42. The number of H-pyrrole nitrogens is 1. The first-order valence-corrected chi connectivity index (χ1v) is 12.5. The zero-order valence-corrected chi connectivity index (χ0v) is 19.9. The minimum Gasteiger partial charge on any atom is -0.491 e. The van der Waals surface area contributed by atoms with Crippen LogP contribution in [-0.2, 0) is 6.42 Å². The molecule has 174 valence electrons. The number of imidazole rings is 1. The van der Waals surface area contributed by atoms with Crippen LogP contribution in [0.1, 0.15) is 36.9 Å². The number of rotatable bonds is 5. The van der Waals surface area contributed by atoms with E-state index in [1.165, 1.54) is 22.9 Å². The molecule has 1 atom stereocenters. The number of piperidine rings is 1. The Morgan fingerprint density at radius 3 is 2.85 bits per heavy atom. The van der Waals surface area contributed by atoms with Gasteiger partial charge in [0, 0.05) is 25.3 Å². The van der Waals surface area contributed by atoms with Crippen molar-refractivity contribution in [3.05, 3.63) is 60.0 Å². The lowest BCUT2D eigenvalue weighted by molar-refractivity contribution is 0.187. The van der Waals surface area contributed by atoms with Crippen LogP contribution in [0.25, 0.3) is 11.3 Å². The molecule has 6 rings (SSSR count). The highest BCUT2D eigenvalue weighted by Gasteiger charge is 2.46. The van der Waals surface area contributed by atoms with Crippen molar-refractivity contribution >= 4 is 29.0 Å². The Balaban J connectivity index is 1.18. The van der Waals surface area contributed by atoms with Crippen molar-refractivity contribution in [2.24, 2.45) is 11.1 Å². The van der Waals surface area contributed by atoms with Crippen LogP contribution >= 0.6 is 11.8 Å². The van der Waals surface area contributed by atoms with Gasteiger partial charge in [0.15, 0.2) is 17.0 Å². The second-order valence-electron chi connectivity index (χ2n) is 9.00. The van der Waals surface area contributed by atoms with E-state index in [-0.39, 0.29) is 11.5 Å². The third kappa shape index (κ3) is 3.69. The van der Waals surface area contributed by atoms with Crippen molar-refractivity contribution in [2.75, 3.05) is 24.6 Å². The number of nitrogens with zero attached hydrogens (tertiary/aromatic N) is 5. The minimum absolute atomic E-state index is 0.110. The normalized spacial score (nSPS) is 19.0. The van der Waals surface area contributed by atoms with Gasteiger partial charge in [0.25, 0.3) is 0 Å². The average molecular weight is 474 g/mol. The molecule has 34 heavy (non-hydrogen) atoms. The number of ether oxygens (including phenoxy) is 1. The third-order valence-corrected chi connectivity index (χ3v) is 8.05. The van der Waals surface area contributed by atoms with Gasteiger partial charge in [-0.3, -0.25) is 4.98 Å². The molecule has 1 aliphatic carbocycles. The number of hydrogen-bond donors (Lipinski definition) is 2. The number of pyridine rings is 1. The van der Waals surface area contributed by atoms with Crippen molar-refractivity contribution in [1.29, 1.82) is 0 Å². The van der Waals surface area contributed by atoms with Gasteiger partial charge in [0.2, 0.25) is 5.95 Å². The van der Waals surface area contributed by atoms with Crippen molar-refractivity contribution in [1.82, 2.24) is 24.9 Å². The predicted molar refractivity (Wildman–Crippen MR) is 132 cm³/mol. The van der Waals surface area contributed by atoms with Crippen molar-refractivity contribution < 1.29 is 4.74 Å². The van der Waals surface area contributed by atoms with Crippen molar-refractivity contribution in [3.8, 4) is 5.75 Å². The van der Waals surface area contributed by atoms with E-state index in [1.54, 1.807) is 18.6 Å². The highest BCUT2D eigenvalue weighted by atomic mass is 32.2. The smallest absolute Gasteiger partial charge is 0.206 e. The van der Waals surface area contributed by atoms with Gasteiger partial charge in [-0.05, 0) is 48.8 Å². The largest absolute Gasteiger partial charge is 0.491 e. The molecule has 2 aliphatic rings. The second-order valence-corrected chi connectivity index (χ2v) is 10.1. The summed E-state index contributed by atoms with van der Waals surface area (Å²) >= 11 is 1.51. The monoisotopic (exact) mass is 473 g/mol. The molecule has 3 N–H and O–H groups in total. The summed E-state index contributed by atoms with van der Waals surface area (Å²) in [6.45, 7) is 4.37. The number of aromatic nitrogens is 5. The lowest BCUT2D eigenvalue weighted by atomic mass is 9.73. The SMILES string of the molecule is CCOc1cnccc1Sc1cnc2nc(N3CCC4(CC3)Cc3ccccc3[C@H]4N)[nH]c2n1. The van der Waals surface area contributed by atoms with Crippen molar-refractivity contribution in [2.45, 2.75) is 42.1 Å². The van der Waals surface area contributed by atoms with E-state index in [0.29, 0.717) is 17.9 Å². The summed E-state index contributed by atoms with van der Waals surface area (Å²) in [7, 11) is 0. The first kappa shape index (κ1) is 21.4. The molecule has 9 heteroatoms. The molecule has 1 aromatic carbocycles. The zero-order valence-electron chi connectivity index (χ0n) is 19.1.